The van der Waals surface area contributed by atoms with Gasteiger partial charge in [-0.05, 0) is 18.2 Å². The number of rotatable bonds is 4. The summed E-state index contributed by atoms with van der Waals surface area (Å²) in [6.45, 7) is 5.84. The van der Waals surface area contributed by atoms with Gasteiger partial charge in [0.05, 0.1) is 6.61 Å². The summed E-state index contributed by atoms with van der Waals surface area (Å²) in [7, 11) is 0. The van der Waals surface area contributed by atoms with Crippen molar-refractivity contribution in [3.63, 3.8) is 0 Å². The second-order valence-corrected chi connectivity index (χ2v) is 6.49. The number of fused-ring (bicyclic) bond motifs is 1. The molecule has 1 aromatic carbocycles. The van der Waals surface area contributed by atoms with E-state index < -0.39 is 0 Å². The van der Waals surface area contributed by atoms with Crippen LogP contribution >= 0.6 is 15.9 Å². The maximum Gasteiger partial charge on any atom is 0.124 e. The van der Waals surface area contributed by atoms with Crippen LogP contribution in [0, 0.1) is 5.41 Å². The minimum absolute atomic E-state index is 0.0928. The second-order valence-electron chi connectivity index (χ2n) is 5.58. The molecule has 1 unspecified atom stereocenters. The number of aliphatic hydroxyl groups excluding tert-OH is 1. The van der Waals surface area contributed by atoms with E-state index in [-0.39, 0.29) is 12.0 Å². The van der Waals surface area contributed by atoms with Crippen molar-refractivity contribution in [1.82, 2.24) is 5.32 Å². The predicted octanol–water partition coefficient (Wildman–Crippen LogP) is 2.88. The molecule has 0 amide bonds. The van der Waals surface area contributed by atoms with Gasteiger partial charge in [-0.3, -0.25) is 0 Å². The third-order valence-electron chi connectivity index (χ3n) is 3.27. The van der Waals surface area contributed by atoms with Crippen molar-refractivity contribution < 1.29 is 9.84 Å². The standard InChI is InChI=1S/C14H20BrNO2/c1-14(2,9-17)8-16-12-5-6-18-13-4-3-10(15)7-11(12)13/h3-4,7,12,16-17H,5-6,8-9H2,1-2H3. The fraction of sp³-hybridized carbons (Fsp3) is 0.571. The van der Waals surface area contributed by atoms with E-state index >= 15 is 0 Å². The molecular weight excluding hydrogens is 294 g/mol. The summed E-state index contributed by atoms with van der Waals surface area (Å²) in [4.78, 5) is 0. The Balaban J connectivity index is 2.10. The molecule has 1 heterocycles. The van der Waals surface area contributed by atoms with Crippen molar-refractivity contribution in [1.29, 1.82) is 0 Å². The van der Waals surface area contributed by atoms with Crippen molar-refractivity contribution in [2.45, 2.75) is 26.3 Å². The third kappa shape index (κ3) is 3.25. The number of ether oxygens (including phenoxy) is 1. The largest absolute Gasteiger partial charge is 0.493 e. The monoisotopic (exact) mass is 313 g/mol. The van der Waals surface area contributed by atoms with Gasteiger partial charge in [0.15, 0.2) is 0 Å². The molecule has 0 aliphatic carbocycles. The van der Waals surface area contributed by atoms with Gasteiger partial charge >= 0.3 is 0 Å². The zero-order valence-electron chi connectivity index (χ0n) is 10.9. The maximum atomic E-state index is 9.29. The Kier molecular flexibility index (Phi) is 4.30. The molecule has 0 saturated heterocycles. The molecule has 2 rings (SSSR count). The van der Waals surface area contributed by atoms with Crippen LogP contribution in [-0.4, -0.2) is 24.9 Å². The third-order valence-corrected chi connectivity index (χ3v) is 3.76. The Bertz CT molecular complexity index is 420. The molecule has 1 aliphatic heterocycles. The molecule has 0 spiro atoms. The molecular formula is C14H20BrNO2. The lowest BCUT2D eigenvalue weighted by Crippen LogP contribution is -2.36. The molecule has 0 saturated carbocycles. The molecule has 0 bridgehead atoms. The van der Waals surface area contributed by atoms with Crippen LogP contribution in [0.3, 0.4) is 0 Å². The highest BCUT2D eigenvalue weighted by Crippen LogP contribution is 2.34. The van der Waals surface area contributed by atoms with Gasteiger partial charge in [-0.2, -0.15) is 0 Å². The van der Waals surface area contributed by atoms with Gasteiger partial charge in [-0.15, -0.1) is 0 Å². The summed E-state index contributed by atoms with van der Waals surface area (Å²) < 4.78 is 6.73. The maximum absolute atomic E-state index is 9.29. The van der Waals surface area contributed by atoms with Crippen molar-refractivity contribution in [3.8, 4) is 5.75 Å². The number of hydrogen-bond acceptors (Lipinski definition) is 3. The van der Waals surface area contributed by atoms with E-state index in [1.807, 2.05) is 12.1 Å². The molecule has 0 radical (unpaired) electrons. The zero-order chi connectivity index (χ0) is 13.2. The lowest BCUT2D eigenvalue weighted by Gasteiger charge is -2.30. The van der Waals surface area contributed by atoms with Crippen molar-refractivity contribution >= 4 is 15.9 Å². The fourth-order valence-electron chi connectivity index (χ4n) is 2.03. The average molecular weight is 314 g/mol. The lowest BCUT2D eigenvalue weighted by molar-refractivity contribution is 0.148. The van der Waals surface area contributed by atoms with E-state index in [0.29, 0.717) is 6.04 Å². The van der Waals surface area contributed by atoms with Crippen molar-refractivity contribution in [2.75, 3.05) is 19.8 Å². The highest BCUT2D eigenvalue weighted by Gasteiger charge is 2.24. The molecule has 1 aliphatic rings. The molecule has 2 N–H and O–H groups in total. The van der Waals surface area contributed by atoms with Crippen LogP contribution in [-0.2, 0) is 0 Å². The first-order chi connectivity index (χ1) is 8.52. The van der Waals surface area contributed by atoms with Gasteiger partial charge in [0.1, 0.15) is 5.75 Å². The van der Waals surface area contributed by atoms with E-state index in [0.717, 1.165) is 29.8 Å². The van der Waals surface area contributed by atoms with Crippen LogP contribution in [0.4, 0.5) is 0 Å². The van der Waals surface area contributed by atoms with E-state index in [1.54, 1.807) is 0 Å². The molecule has 3 nitrogen and oxygen atoms in total. The van der Waals surface area contributed by atoms with Gasteiger partial charge in [-0.25, -0.2) is 0 Å². The number of halogens is 1. The quantitative estimate of drug-likeness (QED) is 0.898. The lowest BCUT2D eigenvalue weighted by atomic mass is 9.93. The second kappa shape index (κ2) is 5.59. The summed E-state index contributed by atoms with van der Waals surface area (Å²) in [5.74, 6) is 0.962. The molecule has 1 aromatic rings. The van der Waals surface area contributed by atoms with E-state index in [4.69, 9.17) is 4.74 Å². The van der Waals surface area contributed by atoms with Crippen LogP contribution in [0.5, 0.6) is 5.75 Å². The normalized spacial score (nSPS) is 19.2. The van der Waals surface area contributed by atoms with Crippen LogP contribution in [0.25, 0.3) is 0 Å². The Labute approximate surface area is 117 Å². The van der Waals surface area contributed by atoms with Gasteiger partial charge in [-0.1, -0.05) is 29.8 Å². The summed E-state index contributed by atoms with van der Waals surface area (Å²) in [5.41, 5.74) is 1.11. The van der Waals surface area contributed by atoms with Crippen LogP contribution in [0.15, 0.2) is 22.7 Å². The first-order valence-electron chi connectivity index (χ1n) is 6.28. The van der Waals surface area contributed by atoms with E-state index in [9.17, 15) is 5.11 Å². The van der Waals surface area contributed by atoms with Crippen LogP contribution < -0.4 is 10.1 Å². The molecule has 0 fully saturated rings. The van der Waals surface area contributed by atoms with Gasteiger partial charge < -0.3 is 15.2 Å². The average Bonchev–Trinajstić information content (AvgIpc) is 2.36. The van der Waals surface area contributed by atoms with Gasteiger partial charge in [0.25, 0.3) is 0 Å². The van der Waals surface area contributed by atoms with E-state index in [1.165, 1.54) is 5.56 Å². The van der Waals surface area contributed by atoms with Gasteiger partial charge in [0, 0.05) is 41.1 Å². The number of nitrogens with one attached hydrogen (secondary N) is 1. The summed E-state index contributed by atoms with van der Waals surface area (Å²) in [6.07, 6.45) is 0.963. The molecule has 100 valence electrons. The first kappa shape index (κ1) is 13.8. The predicted molar refractivity (Wildman–Crippen MR) is 75.9 cm³/mol. The smallest absolute Gasteiger partial charge is 0.124 e. The molecule has 4 heteroatoms. The minimum Gasteiger partial charge on any atom is -0.493 e. The first-order valence-corrected chi connectivity index (χ1v) is 7.08. The van der Waals surface area contributed by atoms with E-state index in [2.05, 4.69) is 41.2 Å². The number of benzene rings is 1. The van der Waals surface area contributed by atoms with Crippen molar-refractivity contribution in [3.05, 3.63) is 28.2 Å². The van der Waals surface area contributed by atoms with Gasteiger partial charge in [0.2, 0.25) is 0 Å². The topological polar surface area (TPSA) is 41.5 Å². The summed E-state index contributed by atoms with van der Waals surface area (Å²) >= 11 is 3.50. The molecule has 1 atom stereocenters. The number of hydrogen-bond donors (Lipinski definition) is 2. The SMILES string of the molecule is CC(C)(CO)CNC1CCOc2ccc(Br)cc21. The van der Waals surface area contributed by atoms with Crippen molar-refractivity contribution in [2.24, 2.45) is 5.41 Å². The molecule has 0 aromatic heterocycles. The summed E-state index contributed by atoms with van der Waals surface area (Å²) in [5, 5.41) is 12.8. The summed E-state index contributed by atoms with van der Waals surface area (Å²) in [6, 6.07) is 6.42. The Hall–Kier alpha value is -0.580. The minimum atomic E-state index is -0.0928. The Morgan fingerprint density at radius 1 is 1.50 bits per heavy atom. The highest BCUT2D eigenvalue weighted by atomic mass is 79.9. The Morgan fingerprint density at radius 2 is 2.28 bits per heavy atom. The molecule has 18 heavy (non-hydrogen) atoms. The highest BCUT2D eigenvalue weighted by molar-refractivity contribution is 9.10. The zero-order valence-corrected chi connectivity index (χ0v) is 12.5. The number of aliphatic hydroxyl groups is 1. The fourth-order valence-corrected chi connectivity index (χ4v) is 2.41. The van der Waals surface area contributed by atoms with Crippen LogP contribution in [0.1, 0.15) is 31.9 Å². The van der Waals surface area contributed by atoms with Crippen LogP contribution in [0.2, 0.25) is 0 Å². The Morgan fingerprint density at radius 3 is 3.00 bits per heavy atom.